The molecule has 3 heterocycles. The van der Waals surface area contributed by atoms with Crippen LogP contribution in [0, 0.1) is 0 Å². The van der Waals surface area contributed by atoms with Gasteiger partial charge in [-0.1, -0.05) is 0 Å². The van der Waals surface area contributed by atoms with Crippen LogP contribution in [0.1, 0.15) is 6.42 Å². The van der Waals surface area contributed by atoms with Gasteiger partial charge in [0.15, 0.2) is 12.4 Å². The first kappa shape index (κ1) is 19.0. The highest BCUT2D eigenvalue weighted by Crippen LogP contribution is 2.30. The summed E-state index contributed by atoms with van der Waals surface area (Å²) in [6.45, 7) is 0. The summed E-state index contributed by atoms with van der Waals surface area (Å²) in [6, 6.07) is -1.34. The van der Waals surface area contributed by atoms with Crippen molar-refractivity contribution in [3.05, 3.63) is 0 Å². The molecular formula is C14H22N6O5S. The van der Waals surface area contributed by atoms with Crippen LogP contribution in [0.4, 0.5) is 0 Å². The number of fused-ring (bicyclic) bond motifs is 1. The number of hydrogen-bond donors (Lipinski definition) is 5. The molecule has 3 aliphatic heterocycles. The zero-order valence-corrected chi connectivity index (χ0v) is 14.6. The van der Waals surface area contributed by atoms with Gasteiger partial charge in [0.05, 0.1) is 12.4 Å². The first-order valence-corrected chi connectivity index (χ1v) is 9.29. The average Bonchev–Trinajstić information content (AvgIpc) is 3.15. The lowest BCUT2D eigenvalue weighted by Gasteiger charge is -2.31. The molecule has 0 aromatic carbocycles. The van der Waals surface area contributed by atoms with Crippen LogP contribution in [0.2, 0.25) is 0 Å². The van der Waals surface area contributed by atoms with E-state index in [0.29, 0.717) is 23.8 Å². The zero-order chi connectivity index (χ0) is 18.8. The Kier molecular flexibility index (Phi) is 5.77. The number of thioether (sulfide) groups is 1. The van der Waals surface area contributed by atoms with Crippen molar-refractivity contribution in [2.75, 3.05) is 11.5 Å². The van der Waals surface area contributed by atoms with Gasteiger partial charge in [-0.3, -0.25) is 9.79 Å². The number of ether oxygens (including phenoxy) is 1. The lowest BCUT2D eigenvalue weighted by atomic mass is 10.1. The summed E-state index contributed by atoms with van der Waals surface area (Å²) in [4.78, 5) is 24.7. The lowest BCUT2D eigenvalue weighted by Crippen LogP contribution is -2.51. The smallest absolute Gasteiger partial charge is 0.320 e. The fourth-order valence-electron chi connectivity index (χ4n) is 2.95. The molecule has 26 heavy (non-hydrogen) atoms. The maximum atomic E-state index is 10.7. The fourth-order valence-corrected chi connectivity index (χ4v) is 4.05. The Labute approximate surface area is 153 Å². The van der Waals surface area contributed by atoms with Crippen LogP contribution in [-0.4, -0.2) is 99.0 Å². The van der Waals surface area contributed by atoms with Crippen LogP contribution >= 0.6 is 11.8 Å². The van der Waals surface area contributed by atoms with E-state index in [1.807, 2.05) is 0 Å². The molecule has 0 aromatic rings. The number of aliphatic imine (C=N–C) groups is 3. The van der Waals surface area contributed by atoms with Crippen molar-refractivity contribution in [1.82, 2.24) is 4.90 Å². The molecule has 0 saturated carbocycles. The summed E-state index contributed by atoms with van der Waals surface area (Å²) in [7, 11) is 0. The summed E-state index contributed by atoms with van der Waals surface area (Å²) in [6.07, 6.45) is -0.929. The molecule has 0 aromatic heterocycles. The van der Waals surface area contributed by atoms with Gasteiger partial charge in [0.1, 0.15) is 36.5 Å². The van der Waals surface area contributed by atoms with Crippen molar-refractivity contribution in [2.24, 2.45) is 26.4 Å². The molecule has 0 amide bonds. The quantitative estimate of drug-likeness (QED) is 0.293. The number of aliphatic hydroxyl groups excluding tert-OH is 2. The van der Waals surface area contributed by atoms with Crippen molar-refractivity contribution in [3.63, 3.8) is 0 Å². The molecule has 0 spiro atoms. The molecule has 1 fully saturated rings. The zero-order valence-electron chi connectivity index (χ0n) is 13.8. The average molecular weight is 386 g/mol. The highest BCUT2D eigenvalue weighted by Gasteiger charge is 2.49. The summed E-state index contributed by atoms with van der Waals surface area (Å²) in [5.74, 6) is 0.191. The van der Waals surface area contributed by atoms with Crippen LogP contribution in [0.5, 0.6) is 0 Å². The Bertz CT molecular complexity index is 631. The minimum absolute atomic E-state index is 0.310. The van der Waals surface area contributed by atoms with Gasteiger partial charge in [0.25, 0.3) is 0 Å². The van der Waals surface area contributed by atoms with E-state index in [2.05, 4.69) is 15.0 Å². The predicted molar refractivity (Wildman–Crippen MR) is 96.2 cm³/mol. The van der Waals surface area contributed by atoms with Crippen LogP contribution in [0.15, 0.2) is 15.0 Å². The second kappa shape index (κ2) is 7.88. The van der Waals surface area contributed by atoms with E-state index in [0.717, 1.165) is 0 Å². The Hall–Kier alpha value is -1.73. The van der Waals surface area contributed by atoms with E-state index in [4.69, 9.17) is 21.3 Å². The minimum Gasteiger partial charge on any atom is -0.480 e. The molecule has 0 bridgehead atoms. The molecule has 144 valence electrons. The Morgan fingerprint density at radius 3 is 2.88 bits per heavy atom. The molecule has 3 rings (SSSR count). The van der Waals surface area contributed by atoms with Crippen molar-refractivity contribution in [3.8, 4) is 0 Å². The van der Waals surface area contributed by atoms with E-state index >= 15 is 0 Å². The van der Waals surface area contributed by atoms with Gasteiger partial charge in [0, 0.05) is 5.75 Å². The van der Waals surface area contributed by atoms with Crippen molar-refractivity contribution in [1.29, 1.82) is 0 Å². The molecule has 11 nitrogen and oxygen atoms in total. The number of carboxylic acid groups (broad SMARTS) is 1. The number of rotatable bonds is 7. The first-order chi connectivity index (χ1) is 12.4. The third-order valence-corrected chi connectivity index (χ3v) is 5.57. The molecule has 0 aliphatic carbocycles. The van der Waals surface area contributed by atoms with Gasteiger partial charge in [-0.2, -0.15) is 11.8 Å². The largest absolute Gasteiger partial charge is 0.480 e. The number of aliphatic hydroxyl groups is 2. The Balaban J connectivity index is 1.53. The van der Waals surface area contributed by atoms with Gasteiger partial charge in [-0.25, -0.2) is 9.98 Å². The third-order valence-electron chi connectivity index (χ3n) is 4.48. The van der Waals surface area contributed by atoms with Crippen molar-refractivity contribution in [2.45, 2.75) is 49.2 Å². The van der Waals surface area contributed by atoms with E-state index < -0.39 is 48.8 Å². The Morgan fingerprint density at radius 1 is 1.38 bits per heavy atom. The predicted octanol–water partition coefficient (Wildman–Crippen LogP) is -2.59. The van der Waals surface area contributed by atoms with Gasteiger partial charge >= 0.3 is 5.97 Å². The highest BCUT2D eigenvalue weighted by atomic mass is 32.2. The standard InChI is InChI=1S/C14H22N6O5S/c15-6(14(23)24)1-2-26-3-7-9(21)10(22)13(25-7)20-5-19-8-11(16)17-4-18-12(8)20/h4-10,12-13,21-22H,1-3,15H2,(H,23,24)(H2,16,17,18)/t6-,7+,8?,9+,10+,12?,13+/m0/s1. The SMILES string of the molecule is NC1=NC=NC2C1N=CN2[C@@H]1O[C@H](CSCC[C@H](N)C(=O)O)[C@@H](O)[C@H]1O. The molecule has 2 unspecified atom stereocenters. The molecule has 7 N–H and O–H groups in total. The molecule has 7 atom stereocenters. The second-order valence-corrected chi connectivity index (χ2v) is 7.39. The van der Waals surface area contributed by atoms with E-state index in [9.17, 15) is 15.0 Å². The van der Waals surface area contributed by atoms with E-state index in [1.54, 1.807) is 4.90 Å². The number of nitrogens with zero attached hydrogens (tertiary/aromatic N) is 4. The van der Waals surface area contributed by atoms with Crippen LogP contribution < -0.4 is 11.5 Å². The summed E-state index contributed by atoms with van der Waals surface area (Å²) in [5, 5.41) is 29.4. The molecule has 1 saturated heterocycles. The van der Waals surface area contributed by atoms with Gasteiger partial charge in [-0.05, 0) is 12.2 Å². The number of aliphatic carboxylic acids is 1. The van der Waals surface area contributed by atoms with Crippen LogP contribution in [0.25, 0.3) is 0 Å². The van der Waals surface area contributed by atoms with Crippen molar-refractivity contribution >= 4 is 36.2 Å². The maximum absolute atomic E-state index is 10.7. The number of nitrogens with two attached hydrogens (primary N) is 2. The monoisotopic (exact) mass is 386 g/mol. The molecule has 3 aliphatic rings. The summed E-state index contributed by atoms with van der Waals surface area (Å²) >= 11 is 1.41. The van der Waals surface area contributed by atoms with Gasteiger partial charge in [-0.15, -0.1) is 0 Å². The van der Waals surface area contributed by atoms with Crippen LogP contribution in [-0.2, 0) is 9.53 Å². The fraction of sp³-hybridized carbons (Fsp3) is 0.714. The van der Waals surface area contributed by atoms with Gasteiger partial charge < -0.3 is 36.4 Å². The van der Waals surface area contributed by atoms with E-state index in [-0.39, 0.29) is 0 Å². The Morgan fingerprint density at radius 2 is 2.15 bits per heavy atom. The summed E-state index contributed by atoms with van der Waals surface area (Å²) in [5.41, 5.74) is 11.3. The normalized spacial score (nSPS) is 36.9. The third kappa shape index (κ3) is 3.69. The maximum Gasteiger partial charge on any atom is 0.320 e. The topological polar surface area (TPSA) is 179 Å². The molecular weight excluding hydrogens is 364 g/mol. The highest BCUT2D eigenvalue weighted by molar-refractivity contribution is 7.99. The van der Waals surface area contributed by atoms with E-state index in [1.165, 1.54) is 24.4 Å². The number of carboxylic acids is 1. The van der Waals surface area contributed by atoms with Gasteiger partial charge in [0.2, 0.25) is 0 Å². The van der Waals surface area contributed by atoms with Crippen molar-refractivity contribution < 1.29 is 24.9 Å². The lowest BCUT2D eigenvalue weighted by molar-refractivity contribution is -0.138. The first-order valence-electron chi connectivity index (χ1n) is 8.13. The molecule has 12 heteroatoms. The number of carbonyl (C=O) groups is 1. The van der Waals surface area contributed by atoms with Crippen LogP contribution in [0.3, 0.4) is 0 Å². The minimum atomic E-state index is -1.14. The molecule has 0 radical (unpaired) electrons. The number of hydrogen-bond acceptors (Lipinski definition) is 11. The number of amidine groups is 1. The second-order valence-electron chi connectivity index (χ2n) is 6.24. The summed E-state index contributed by atoms with van der Waals surface area (Å²) < 4.78 is 5.82.